The number of nitrogens with zero attached hydrogens (tertiary/aromatic N) is 2. The summed E-state index contributed by atoms with van der Waals surface area (Å²) in [6, 6.07) is 0.257. The number of carbonyl (C=O) groups excluding carboxylic acids is 2. The average Bonchev–Trinajstić information content (AvgIpc) is 2.67. The van der Waals surface area contributed by atoms with Crippen LogP contribution in [0.15, 0.2) is 11.1 Å². The molecule has 18 heavy (non-hydrogen) atoms. The first kappa shape index (κ1) is 11.7. The molecule has 3 saturated heterocycles. The van der Waals surface area contributed by atoms with Gasteiger partial charge in [0.25, 0.3) is 0 Å². The molecule has 0 aromatic heterocycles. The minimum atomic E-state index is 0.158. The first-order valence-electron chi connectivity index (χ1n) is 6.65. The summed E-state index contributed by atoms with van der Waals surface area (Å²) in [7, 11) is 0. The number of amides is 2. The molecule has 1 unspecified atom stereocenters. The highest BCUT2D eigenvalue weighted by Gasteiger charge is 2.37. The molecule has 0 bridgehead atoms. The van der Waals surface area contributed by atoms with Gasteiger partial charge in [-0.25, -0.2) is 0 Å². The lowest BCUT2D eigenvalue weighted by molar-refractivity contribution is -0.136. The van der Waals surface area contributed by atoms with Crippen molar-refractivity contribution in [1.29, 1.82) is 0 Å². The Balaban J connectivity index is 1.68. The molecule has 2 amide bonds. The van der Waals surface area contributed by atoms with Crippen molar-refractivity contribution in [3.05, 3.63) is 11.1 Å². The second-order valence-corrected chi connectivity index (χ2v) is 5.36. The highest BCUT2D eigenvalue weighted by molar-refractivity contribution is 5.94. The summed E-state index contributed by atoms with van der Waals surface area (Å²) >= 11 is 0. The van der Waals surface area contributed by atoms with Crippen molar-refractivity contribution in [1.82, 2.24) is 15.1 Å². The van der Waals surface area contributed by atoms with E-state index in [-0.39, 0.29) is 17.9 Å². The number of nitrogens with one attached hydrogen (secondary N) is 1. The molecule has 1 N–H and O–H groups in total. The third-order valence-electron chi connectivity index (χ3n) is 4.31. The molecule has 98 valence electrons. The molecule has 0 saturated carbocycles. The lowest BCUT2D eigenvalue weighted by Crippen LogP contribution is -2.53. The molecule has 0 aromatic rings. The van der Waals surface area contributed by atoms with E-state index >= 15 is 0 Å². The van der Waals surface area contributed by atoms with Crippen LogP contribution < -0.4 is 5.32 Å². The van der Waals surface area contributed by atoms with Crippen LogP contribution >= 0.6 is 0 Å². The summed E-state index contributed by atoms with van der Waals surface area (Å²) in [4.78, 5) is 27.8. The molecule has 3 rings (SSSR count). The van der Waals surface area contributed by atoms with Gasteiger partial charge in [-0.1, -0.05) is 0 Å². The van der Waals surface area contributed by atoms with Crippen molar-refractivity contribution in [2.75, 3.05) is 32.7 Å². The summed E-state index contributed by atoms with van der Waals surface area (Å²) in [5, 5.41) is 3.16. The molecular weight excluding hydrogens is 230 g/mol. The predicted octanol–water partition coefficient (Wildman–Crippen LogP) is -0.261. The van der Waals surface area contributed by atoms with Gasteiger partial charge in [0.05, 0.1) is 0 Å². The Bertz CT molecular complexity index is 424. The summed E-state index contributed by atoms with van der Waals surface area (Å²) in [5.41, 5.74) is 2.12. The SMILES string of the molecule is CC(C(=O)N1CCN2C(=O)CCC2C1)=C1CNC1. The maximum atomic E-state index is 12.3. The van der Waals surface area contributed by atoms with Crippen molar-refractivity contribution in [2.24, 2.45) is 0 Å². The molecule has 3 heterocycles. The van der Waals surface area contributed by atoms with Crippen LogP contribution in [0.25, 0.3) is 0 Å². The molecule has 0 aromatic carbocycles. The lowest BCUT2D eigenvalue weighted by Gasteiger charge is -2.38. The Kier molecular flexibility index (Phi) is 2.86. The van der Waals surface area contributed by atoms with E-state index in [9.17, 15) is 9.59 Å². The van der Waals surface area contributed by atoms with Gasteiger partial charge in [0, 0.05) is 50.8 Å². The van der Waals surface area contributed by atoms with Gasteiger partial charge in [-0.2, -0.15) is 0 Å². The van der Waals surface area contributed by atoms with Crippen LogP contribution in [-0.2, 0) is 9.59 Å². The largest absolute Gasteiger partial charge is 0.336 e. The van der Waals surface area contributed by atoms with E-state index < -0.39 is 0 Å². The van der Waals surface area contributed by atoms with Crippen molar-refractivity contribution in [3.63, 3.8) is 0 Å². The van der Waals surface area contributed by atoms with E-state index in [1.54, 1.807) is 0 Å². The summed E-state index contributed by atoms with van der Waals surface area (Å²) < 4.78 is 0. The summed E-state index contributed by atoms with van der Waals surface area (Å²) in [6.45, 7) is 5.71. The molecule has 1 atom stereocenters. The quantitative estimate of drug-likeness (QED) is 0.651. The number of piperazine rings is 1. The standard InChI is InChI=1S/C13H19N3O2/c1-9(10-6-14-7-10)13(18)15-4-5-16-11(8-15)2-3-12(16)17/h11,14H,2-8H2,1H3. The maximum absolute atomic E-state index is 12.3. The van der Waals surface area contributed by atoms with Crippen LogP contribution in [0, 0.1) is 0 Å². The van der Waals surface area contributed by atoms with Crippen LogP contribution in [0.1, 0.15) is 19.8 Å². The molecular formula is C13H19N3O2. The van der Waals surface area contributed by atoms with Crippen molar-refractivity contribution >= 4 is 11.8 Å². The molecule has 5 nitrogen and oxygen atoms in total. The fourth-order valence-electron chi connectivity index (χ4n) is 2.95. The smallest absolute Gasteiger partial charge is 0.249 e. The van der Waals surface area contributed by atoms with E-state index in [1.807, 2.05) is 16.7 Å². The number of hydrogen-bond donors (Lipinski definition) is 1. The number of hydrogen-bond acceptors (Lipinski definition) is 3. The van der Waals surface area contributed by atoms with E-state index in [0.717, 1.165) is 25.1 Å². The van der Waals surface area contributed by atoms with E-state index in [0.29, 0.717) is 26.1 Å². The zero-order valence-electron chi connectivity index (χ0n) is 10.7. The monoisotopic (exact) mass is 249 g/mol. The fourth-order valence-corrected chi connectivity index (χ4v) is 2.95. The Labute approximate surface area is 107 Å². The second kappa shape index (κ2) is 4.39. The van der Waals surface area contributed by atoms with Crippen LogP contribution in [0.5, 0.6) is 0 Å². The fraction of sp³-hybridized carbons (Fsp3) is 0.692. The van der Waals surface area contributed by atoms with Gasteiger partial charge >= 0.3 is 0 Å². The zero-order chi connectivity index (χ0) is 12.7. The third-order valence-corrected chi connectivity index (χ3v) is 4.31. The van der Waals surface area contributed by atoms with Gasteiger partial charge < -0.3 is 15.1 Å². The maximum Gasteiger partial charge on any atom is 0.249 e. The van der Waals surface area contributed by atoms with Crippen LogP contribution in [-0.4, -0.2) is 60.4 Å². The Morgan fingerprint density at radius 1 is 1.33 bits per heavy atom. The normalized spacial score (nSPS) is 27.1. The number of fused-ring (bicyclic) bond motifs is 1. The minimum Gasteiger partial charge on any atom is -0.336 e. The van der Waals surface area contributed by atoms with Gasteiger partial charge in [0.1, 0.15) is 0 Å². The van der Waals surface area contributed by atoms with Gasteiger partial charge in [-0.3, -0.25) is 9.59 Å². The third kappa shape index (κ3) is 1.82. The van der Waals surface area contributed by atoms with Crippen molar-refractivity contribution in [3.8, 4) is 0 Å². The minimum absolute atomic E-state index is 0.158. The number of rotatable bonds is 1. The Morgan fingerprint density at radius 2 is 2.11 bits per heavy atom. The molecule has 0 aliphatic carbocycles. The van der Waals surface area contributed by atoms with E-state index in [4.69, 9.17) is 0 Å². The first-order chi connectivity index (χ1) is 8.66. The second-order valence-electron chi connectivity index (χ2n) is 5.36. The van der Waals surface area contributed by atoms with Gasteiger partial charge in [0.2, 0.25) is 11.8 Å². The molecule has 5 heteroatoms. The summed E-state index contributed by atoms with van der Waals surface area (Å²) in [6.07, 6.45) is 1.55. The molecule has 0 radical (unpaired) electrons. The van der Waals surface area contributed by atoms with Crippen LogP contribution in [0.3, 0.4) is 0 Å². The summed E-state index contributed by atoms with van der Waals surface area (Å²) in [5.74, 6) is 0.413. The molecule has 0 spiro atoms. The predicted molar refractivity (Wildman–Crippen MR) is 66.9 cm³/mol. The van der Waals surface area contributed by atoms with Gasteiger partial charge in [0.15, 0.2) is 0 Å². The topological polar surface area (TPSA) is 52.7 Å². The Hall–Kier alpha value is -1.36. The first-order valence-corrected chi connectivity index (χ1v) is 6.65. The van der Waals surface area contributed by atoms with E-state index in [1.165, 1.54) is 5.57 Å². The molecule has 3 aliphatic heterocycles. The van der Waals surface area contributed by atoms with Crippen LogP contribution in [0.2, 0.25) is 0 Å². The zero-order valence-corrected chi connectivity index (χ0v) is 10.7. The van der Waals surface area contributed by atoms with Crippen molar-refractivity contribution < 1.29 is 9.59 Å². The van der Waals surface area contributed by atoms with Gasteiger partial charge in [-0.05, 0) is 18.9 Å². The molecule has 3 fully saturated rings. The lowest BCUT2D eigenvalue weighted by atomic mass is 10.0. The highest BCUT2D eigenvalue weighted by atomic mass is 16.2. The average molecular weight is 249 g/mol. The highest BCUT2D eigenvalue weighted by Crippen LogP contribution is 2.24. The van der Waals surface area contributed by atoms with E-state index in [2.05, 4.69) is 5.32 Å². The number of carbonyl (C=O) groups is 2. The Morgan fingerprint density at radius 3 is 2.78 bits per heavy atom. The van der Waals surface area contributed by atoms with Crippen LogP contribution in [0.4, 0.5) is 0 Å². The van der Waals surface area contributed by atoms with Gasteiger partial charge in [-0.15, -0.1) is 0 Å². The van der Waals surface area contributed by atoms with Crippen molar-refractivity contribution in [2.45, 2.75) is 25.8 Å². The molecule has 3 aliphatic rings.